The Labute approximate surface area is 170 Å². The van der Waals surface area contributed by atoms with E-state index in [2.05, 4.69) is 4.98 Å². The number of nitrogens with one attached hydrogen (secondary N) is 2. The molecular weight excluding hydrogens is 372 g/mol. The molecule has 1 amide bonds. The van der Waals surface area contributed by atoms with Crippen molar-refractivity contribution in [1.82, 2.24) is 14.5 Å². The van der Waals surface area contributed by atoms with Crippen molar-refractivity contribution in [1.29, 1.82) is 0 Å². The third kappa shape index (κ3) is 4.05. The minimum Gasteiger partial charge on any atom is -0.332 e. The quantitative estimate of drug-likeness (QED) is 0.764. The molecule has 1 saturated heterocycles. The molecule has 2 aromatic rings. The van der Waals surface area contributed by atoms with Gasteiger partial charge in [0.15, 0.2) is 4.77 Å². The van der Waals surface area contributed by atoms with Gasteiger partial charge in [0.25, 0.3) is 5.56 Å². The van der Waals surface area contributed by atoms with Crippen molar-refractivity contribution < 1.29 is 9.69 Å². The van der Waals surface area contributed by atoms with Crippen LogP contribution in [0.1, 0.15) is 38.5 Å². The largest absolute Gasteiger partial charge is 0.332 e. The lowest BCUT2D eigenvalue weighted by Gasteiger charge is -2.38. The van der Waals surface area contributed by atoms with Crippen molar-refractivity contribution in [2.45, 2.75) is 51.1 Å². The zero-order valence-corrected chi connectivity index (χ0v) is 17.1. The van der Waals surface area contributed by atoms with Gasteiger partial charge in [-0.15, -0.1) is 0 Å². The summed E-state index contributed by atoms with van der Waals surface area (Å²) in [4.78, 5) is 32.1. The average Bonchev–Trinajstić information content (AvgIpc) is 2.74. The molecule has 1 aliphatic carbocycles. The van der Waals surface area contributed by atoms with E-state index in [4.69, 9.17) is 12.2 Å². The summed E-state index contributed by atoms with van der Waals surface area (Å²) in [7, 11) is 0. The Morgan fingerprint density at radius 2 is 1.86 bits per heavy atom. The molecule has 0 atom stereocenters. The first-order valence-electron chi connectivity index (χ1n) is 10.5. The van der Waals surface area contributed by atoms with E-state index < -0.39 is 0 Å². The van der Waals surface area contributed by atoms with Crippen LogP contribution in [0.2, 0.25) is 0 Å². The second-order valence-corrected chi connectivity index (χ2v) is 8.44. The van der Waals surface area contributed by atoms with E-state index in [1.165, 1.54) is 36.7 Å². The summed E-state index contributed by atoms with van der Waals surface area (Å²) in [6.07, 6.45) is 7.09. The van der Waals surface area contributed by atoms with Crippen molar-refractivity contribution in [2.24, 2.45) is 0 Å². The normalized spacial score (nSPS) is 19.2. The molecule has 0 unspecified atom stereocenters. The molecule has 1 aliphatic heterocycles. The monoisotopic (exact) mass is 401 g/mol. The van der Waals surface area contributed by atoms with Crippen LogP contribution in [0.5, 0.6) is 0 Å². The highest BCUT2D eigenvalue weighted by atomic mass is 32.1. The van der Waals surface area contributed by atoms with Crippen LogP contribution in [-0.4, -0.2) is 52.6 Å². The molecule has 7 heteroatoms. The molecule has 2 heterocycles. The summed E-state index contributed by atoms with van der Waals surface area (Å²) in [5, 5.41) is 0.605. The molecule has 2 N–H and O–H groups in total. The van der Waals surface area contributed by atoms with Gasteiger partial charge in [-0.2, -0.15) is 0 Å². The molecule has 0 bridgehead atoms. The van der Waals surface area contributed by atoms with E-state index in [1.807, 2.05) is 23.1 Å². The predicted molar refractivity (Wildman–Crippen MR) is 112 cm³/mol. The van der Waals surface area contributed by atoms with Gasteiger partial charge >= 0.3 is 0 Å². The van der Waals surface area contributed by atoms with Crippen LogP contribution >= 0.6 is 12.2 Å². The molecule has 2 aliphatic rings. The Balaban J connectivity index is 1.36. The van der Waals surface area contributed by atoms with Gasteiger partial charge in [-0.05, 0) is 50.0 Å². The third-order valence-electron chi connectivity index (χ3n) is 6.38. The molecule has 1 aromatic heterocycles. The zero-order valence-electron chi connectivity index (χ0n) is 16.3. The van der Waals surface area contributed by atoms with Crippen LogP contribution in [-0.2, 0) is 11.3 Å². The molecular formula is C21H29N4O2S+. The highest BCUT2D eigenvalue weighted by molar-refractivity contribution is 7.71. The number of carbonyl (C=O) groups excluding carboxylic acids is 1. The SMILES string of the molecule is O=C(CCn1c(=S)[nH]c2ccccc2c1=O)N1CC[NH+](C2CCCCC2)CC1. The van der Waals surface area contributed by atoms with Crippen LogP contribution in [0, 0.1) is 4.77 Å². The number of nitrogens with zero attached hydrogens (tertiary/aromatic N) is 2. The maximum atomic E-state index is 12.7. The Morgan fingerprint density at radius 1 is 1.14 bits per heavy atom. The molecule has 1 aromatic carbocycles. The first kappa shape index (κ1) is 19.3. The van der Waals surface area contributed by atoms with Crippen molar-refractivity contribution in [2.75, 3.05) is 26.2 Å². The predicted octanol–water partition coefficient (Wildman–Crippen LogP) is 1.51. The number of carbonyl (C=O) groups is 1. The number of rotatable bonds is 4. The number of piperazine rings is 1. The number of quaternary nitrogens is 1. The standard InChI is InChI=1S/C21H28N4O2S/c26-19(24-14-12-23(13-15-24)16-6-2-1-3-7-16)10-11-25-20(27)17-8-4-5-9-18(17)22-21(25)28/h4-5,8-9,16H,1-3,6-7,10-15H2,(H,22,28)/p+1. The van der Waals surface area contributed by atoms with Crippen LogP contribution < -0.4 is 10.5 Å². The van der Waals surface area contributed by atoms with E-state index in [0.29, 0.717) is 23.1 Å². The Bertz CT molecular complexity index is 953. The van der Waals surface area contributed by atoms with Crippen LogP contribution in [0.25, 0.3) is 10.9 Å². The van der Waals surface area contributed by atoms with Gasteiger partial charge in [0.2, 0.25) is 5.91 Å². The van der Waals surface area contributed by atoms with Crippen LogP contribution in [0.15, 0.2) is 29.1 Å². The Morgan fingerprint density at radius 3 is 2.61 bits per heavy atom. The van der Waals surface area contributed by atoms with E-state index in [0.717, 1.165) is 37.7 Å². The van der Waals surface area contributed by atoms with Gasteiger partial charge in [-0.1, -0.05) is 18.6 Å². The number of H-pyrrole nitrogens is 1. The Hall–Kier alpha value is -1.99. The fourth-order valence-corrected chi connectivity index (χ4v) is 5.01. The number of para-hydroxylation sites is 1. The minimum absolute atomic E-state index is 0.122. The van der Waals surface area contributed by atoms with Gasteiger partial charge in [-0.25, -0.2) is 0 Å². The first-order chi connectivity index (χ1) is 13.6. The summed E-state index contributed by atoms with van der Waals surface area (Å²) in [5.41, 5.74) is 0.612. The highest BCUT2D eigenvalue weighted by Crippen LogP contribution is 2.15. The number of hydrogen-bond donors (Lipinski definition) is 2. The van der Waals surface area contributed by atoms with Gasteiger partial charge in [0.1, 0.15) is 0 Å². The maximum absolute atomic E-state index is 12.7. The number of fused-ring (bicyclic) bond motifs is 1. The number of hydrogen-bond acceptors (Lipinski definition) is 3. The van der Waals surface area contributed by atoms with E-state index in [9.17, 15) is 9.59 Å². The molecule has 28 heavy (non-hydrogen) atoms. The average molecular weight is 402 g/mol. The third-order valence-corrected chi connectivity index (χ3v) is 6.70. The maximum Gasteiger partial charge on any atom is 0.262 e. The smallest absolute Gasteiger partial charge is 0.262 e. The lowest BCUT2D eigenvalue weighted by molar-refractivity contribution is -0.930. The lowest BCUT2D eigenvalue weighted by atomic mass is 9.94. The number of aromatic amines is 1. The number of benzene rings is 1. The van der Waals surface area contributed by atoms with Crippen molar-refractivity contribution >= 4 is 29.0 Å². The van der Waals surface area contributed by atoms with E-state index in [1.54, 1.807) is 11.0 Å². The highest BCUT2D eigenvalue weighted by Gasteiger charge is 2.29. The second-order valence-electron chi connectivity index (χ2n) is 8.06. The summed E-state index contributed by atoms with van der Waals surface area (Å²) in [5.74, 6) is 0.122. The first-order valence-corrected chi connectivity index (χ1v) is 10.9. The minimum atomic E-state index is -0.126. The second kappa shape index (κ2) is 8.57. The summed E-state index contributed by atoms with van der Waals surface area (Å²) >= 11 is 5.34. The van der Waals surface area contributed by atoms with E-state index >= 15 is 0 Å². The lowest BCUT2D eigenvalue weighted by Crippen LogP contribution is -3.18. The van der Waals surface area contributed by atoms with Crippen molar-refractivity contribution in [3.05, 3.63) is 39.4 Å². The van der Waals surface area contributed by atoms with Gasteiger partial charge in [0, 0.05) is 13.0 Å². The van der Waals surface area contributed by atoms with Gasteiger partial charge < -0.3 is 14.8 Å². The zero-order chi connectivity index (χ0) is 19.5. The Kier molecular flexibility index (Phi) is 5.92. The topological polar surface area (TPSA) is 62.5 Å². The van der Waals surface area contributed by atoms with Crippen LogP contribution in [0.3, 0.4) is 0 Å². The molecule has 0 radical (unpaired) electrons. The van der Waals surface area contributed by atoms with Crippen LogP contribution in [0.4, 0.5) is 0 Å². The fourth-order valence-electron chi connectivity index (χ4n) is 4.73. The summed E-state index contributed by atoms with van der Waals surface area (Å²) in [6, 6.07) is 8.13. The molecule has 4 rings (SSSR count). The van der Waals surface area contributed by atoms with Gasteiger partial charge in [0.05, 0.1) is 43.1 Å². The summed E-state index contributed by atoms with van der Waals surface area (Å²) < 4.78 is 1.89. The number of amides is 1. The molecule has 6 nitrogen and oxygen atoms in total. The van der Waals surface area contributed by atoms with E-state index in [-0.39, 0.29) is 11.5 Å². The molecule has 1 saturated carbocycles. The molecule has 150 valence electrons. The van der Waals surface area contributed by atoms with Crippen molar-refractivity contribution in [3.8, 4) is 0 Å². The van der Waals surface area contributed by atoms with Gasteiger partial charge in [-0.3, -0.25) is 14.2 Å². The molecule has 0 spiro atoms. The fraction of sp³-hybridized carbons (Fsp3) is 0.571. The summed E-state index contributed by atoms with van der Waals surface area (Å²) in [6.45, 7) is 4.07. The van der Waals surface area contributed by atoms with Crippen molar-refractivity contribution in [3.63, 3.8) is 0 Å². The number of aromatic nitrogens is 2. The molecule has 2 fully saturated rings.